The lowest BCUT2D eigenvalue weighted by atomic mass is 10.0. The van der Waals surface area contributed by atoms with Crippen molar-refractivity contribution in [1.82, 2.24) is 14.9 Å². The van der Waals surface area contributed by atoms with Gasteiger partial charge in [-0.3, -0.25) is 4.79 Å². The number of nitrogens with one attached hydrogen (secondary N) is 1. The highest BCUT2D eigenvalue weighted by Gasteiger charge is 2.23. The first-order chi connectivity index (χ1) is 11.5. The van der Waals surface area contributed by atoms with Crippen LogP contribution >= 0.6 is 23.2 Å². The van der Waals surface area contributed by atoms with Gasteiger partial charge in [-0.05, 0) is 37.0 Å². The molecule has 1 saturated heterocycles. The minimum atomic E-state index is -0.0601. The third-order valence-electron chi connectivity index (χ3n) is 4.01. The minimum Gasteiger partial charge on any atom is -0.339 e. The fourth-order valence-electron chi connectivity index (χ4n) is 2.76. The van der Waals surface area contributed by atoms with Crippen LogP contribution in [0.25, 0.3) is 0 Å². The van der Waals surface area contributed by atoms with Gasteiger partial charge < -0.3 is 10.2 Å². The summed E-state index contributed by atoms with van der Waals surface area (Å²) in [7, 11) is 0. The highest BCUT2D eigenvalue weighted by molar-refractivity contribution is 6.42. The smallest absolute Gasteiger partial charge is 0.274 e. The zero-order chi connectivity index (χ0) is 17.1. The van der Waals surface area contributed by atoms with E-state index < -0.39 is 0 Å². The van der Waals surface area contributed by atoms with Crippen LogP contribution in [0.1, 0.15) is 30.3 Å². The number of carbonyl (C=O) groups is 1. The summed E-state index contributed by atoms with van der Waals surface area (Å²) in [4.78, 5) is 22.8. The largest absolute Gasteiger partial charge is 0.339 e. The number of aromatic nitrogens is 2. The Bertz CT molecular complexity index is 736. The summed E-state index contributed by atoms with van der Waals surface area (Å²) >= 11 is 11.9. The van der Waals surface area contributed by atoms with Crippen LogP contribution in [-0.4, -0.2) is 33.9 Å². The van der Waals surface area contributed by atoms with Crippen molar-refractivity contribution < 1.29 is 4.79 Å². The summed E-state index contributed by atoms with van der Waals surface area (Å²) in [5, 5.41) is 4.03. The zero-order valence-corrected chi connectivity index (χ0v) is 14.8. The van der Waals surface area contributed by atoms with E-state index in [0.717, 1.165) is 25.2 Å². The number of amides is 1. The summed E-state index contributed by atoms with van der Waals surface area (Å²) in [6.07, 6.45) is 5.25. The normalized spacial score (nSPS) is 17.6. The first-order valence-corrected chi connectivity index (χ1v) is 8.62. The van der Waals surface area contributed by atoms with Crippen molar-refractivity contribution in [3.05, 3.63) is 46.3 Å². The predicted octanol–water partition coefficient (Wildman–Crippen LogP) is 4.40. The molecule has 1 unspecified atom stereocenters. The SMILES string of the molecule is CC1CCCN(C(=O)c2cnc(Nc3ccc(Cl)c(Cl)c3)cn2)C1. The second-order valence-corrected chi connectivity index (χ2v) is 6.85. The van der Waals surface area contributed by atoms with Crippen molar-refractivity contribution in [3.63, 3.8) is 0 Å². The van der Waals surface area contributed by atoms with Gasteiger partial charge >= 0.3 is 0 Å². The highest BCUT2D eigenvalue weighted by Crippen LogP contribution is 2.26. The third-order valence-corrected chi connectivity index (χ3v) is 4.75. The summed E-state index contributed by atoms with van der Waals surface area (Å²) in [6, 6.07) is 5.21. The predicted molar refractivity (Wildman–Crippen MR) is 96.1 cm³/mol. The maximum absolute atomic E-state index is 12.5. The average Bonchev–Trinajstić information content (AvgIpc) is 2.58. The summed E-state index contributed by atoms with van der Waals surface area (Å²) in [5.74, 6) is 1.01. The molecule has 0 radical (unpaired) electrons. The van der Waals surface area contributed by atoms with Crippen LogP contribution < -0.4 is 5.32 Å². The van der Waals surface area contributed by atoms with Gasteiger partial charge in [-0.2, -0.15) is 0 Å². The number of benzene rings is 1. The molecule has 2 aromatic rings. The Morgan fingerprint density at radius 2 is 2.08 bits per heavy atom. The van der Waals surface area contributed by atoms with Gasteiger partial charge in [0.25, 0.3) is 5.91 Å². The topological polar surface area (TPSA) is 58.1 Å². The average molecular weight is 365 g/mol. The zero-order valence-electron chi connectivity index (χ0n) is 13.3. The van der Waals surface area contributed by atoms with Crippen LogP contribution in [0.15, 0.2) is 30.6 Å². The summed E-state index contributed by atoms with van der Waals surface area (Å²) in [6.45, 7) is 3.73. The Balaban J connectivity index is 1.68. The van der Waals surface area contributed by atoms with E-state index in [1.54, 1.807) is 24.4 Å². The fraction of sp³-hybridized carbons (Fsp3) is 0.353. The molecule has 0 aliphatic carbocycles. The molecule has 0 saturated carbocycles. The molecule has 1 N–H and O–H groups in total. The van der Waals surface area contributed by atoms with Crippen LogP contribution in [0.5, 0.6) is 0 Å². The van der Waals surface area contributed by atoms with E-state index in [0.29, 0.717) is 27.5 Å². The molecule has 0 spiro atoms. The van der Waals surface area contributed by atoms with Crippen LogP contribution in [0.4, 0.5) is 11.5 Å². The highest BCUT2D eigenvalue weighted by atomic mass is 35.5. The molecule has 1 aliphatic heterocycles. The molecule has 3 rings (SSSR count). The van der Waals surface area contributed by atoms with Crippen LogP contribution in [0.3, 0.4) is 0 Å². The van der Waals surface area contributed by atoms with E-state index in [2.05, 4.69) is 22.2 Å². The standard InChI is InChI=1S/C17H18Cl2N4O/c1-11-3-2-6-23(10-11)17(24)15-8-21-16(9-20-15)22-12-4-5-13(18)14(19)7-12/h4-5,7-9,11H,2-3,6,10H2,1H3,(H,21,22). The molecule has 1 amide bonds. The van der Waals surface area contributed by atoms with Gasteiger partial charge in [-0.25, -0.2) is 9.97 Å². The van der Waals surface area contributed by atoms with E-state index in [1.807, 2.05) is 4.90 Å². The first kappa shape index (κ1) is 17.0. The Kier molecular flexibility index (Phi) is 5.21. The number of rotatable bonds is 3. The van der Waals surface area contributed by atoms with Crippen molar-refractivity contribution in [2.75, 3.05) is 18.4 Å². The van der Waals surface area contributed by atoms with Crippen molar-refractivity contribution in [1.29, 1.82) is 0 Å². The van der Waals surface area contributed by atoms with E-state index in [1.165, 1.54) is 12.6 Å². The lowest BCUT2D eigenvalue weighted by molar-refractivity contribution is 0.0676. The second kappa shape index (κ2) is 7.36. The molecule has 7 heteroatoms. The van der Waals surface area contributed by atoms with E-state index in [4.69, 9.17) is 23.2 Å². The molecule has 1 fully saturated rings. The molecule has 1 atom stereocenters. The second-order valence-electron chi connectivity index (χ2n) is 6.04. The third kappa shape index (κ3) is 3.97. The molecule has 2 heterocycles. The number of hydrogen-bond acceptors (Lipinski definition) is 4. The van der Waals surface area contributed by atoms with Gasteiger partial charge in [0, 0.05) is 18.8 Å². The molecule has 1 aromatic heterocycles. The van der Waals surface area contributed by atoms with Gasteiger partial charge in [0.1, 0.15) is 11.5 Å². The number of carbonyl (C=O) groups excluding carboxylic acids is 1. The number of anilines is 2. The fourth-order valence-corrected chi connectivity index (χ4v) is 3.06. The molecule has 126 valence electrons. The summed E-state index contributed by atoms with van der Waals surface area (Å²) in [5.41, 5.74) is 1.12. The lowest BCUT2D eigenvalue weighted by Crippen LogP contribution is -2.39. The molecule has 1 aromatic carbocycles. The van der Waals surface area contributed by atoms with Crippen molar-refractivity contribution in [2.45, 2.75) is 19.8 Å². The molecular formula is C17H18Cl2N4O. The van der Waals surface area contributed by atoms with E-state index in [9.17, 15) is 4.79 Å². The van der Waals surface area contributed by atoms with Gasteiger partial charge in [-0.1, -0.05) is 30.1 Å². The summed E-state index contributed by atoms with van der Waals surface area (Å²) < 4.78 is 0. The number of piperidine rings is 1. The number of nitrogens with zero attached hydrogens (tertiary/aromatic N) is 3. The van der Waals surface area contributed by atoms with E-state index in [-0.39, 0.29) is 5.91 Å². The van der Waals surface area contributed by atoms with E-state index >= 15 is 0 Å². The maximum Gasteiger partial charge on any atom is 0.274 e. The Morgan fingerprint density at radius 3 is 2.75 bits per heavy atom. The van der Waals surface area contributed by atoms with Crippen LogP contribution in [0.2, 0.25) is 10.0 Å². The number of hydrogen-bond donors (Lipinski definition) is 1. The molecule has 0 bridgehead atoms. The molecule has 24 heavy (non-hydrogen) atoms. The van der Waals surface area contributed by atoms with Crippen molar-refractivity contribution in [3.8, 4) is 0 Å². The number of likely N-dealkylation sites (tertiary alicyclic amines) is 1. The van der Waals surface area contributed by atoms with Gasteiger partial charge in [0.15, 0.2) is 0 Å². The first-order valence-electron chi connectivity index (χ1n) is 7.86. The van der Waals surface area contributed by atoms with Crippen molar-refractivity contribution >= 4 is 40.6 Å². The lowest BCUT2D eigenvalue weighted by Gasteiger charge is -2.30. The quantitative estimate of drug-likeness (QED) is 0.876. The van der Waals surface area contributed by atoms with Gasteiger partial charge in [-0.15, -0.1) is 0 Å². The van der Waals surface area contributed by atoms with Crippen LogP contribution in [0, 0.1) is 5.92 Å². The molecule has 1 aliphatic rings. The Morgan fingerprint density at radius 1 is 1.25 bits per heavy atom. The Hall–Kier alpha value is -1.85. The molecular weight excluding hydrogens is 347 g/mol. The minimum absolute atomic E-state index is 0.0601. The monoisotopic (exact) mass is 364 g/mol. The molecule has 5 nitrogen and oxygen atoms in total. The number of halogens is 2. The Labute approximate surface area is 151 Å². The van der Waals surface area contributed by atoms with Crippen molar-refractivity contribution in [2.24, 2.45) is 5.92 Å². The van der Waals surface area contributed by atoms with Crippen LogP contribution in [-0.2, 0) is 0 Å². The van der Waals surface area contributed by atoms with Gasteiger partial charge in [0.05, 0.1) is 22.4 Å². The van der Waals surface area contributed by atoms with Gasteiger partial charge in [0.2, 0.25) is 0 Å². The maximum atomic E-state index is 12.5.